The summed E-state index contributed by atoms with van der Waals surface area (Å²) in [6, 6.07) is -1.26. The molecule has 22 nitrogen and oxygen atoms in total. The number of aromatic amines is 1. The zero-order valence-electron chi connectivity index (χ0n) is 23.2. The van der Waals surface area contributed by atoms with Crippen molar-refractivity contribution in [2.24, 2.45) is 5.11 Å². The third kappa shape index (κ3) is 5.88. The zero-order valence-corrected chi connectivity index (χ0v) is 26.7. The lowest BCUT2D eigenvalue weighted by Crippen LogP contribution is -2.35. The fourth-order valence-corrected chi connectivity index (χ4v) is 8.27. The van der Waals surface area contributed by atoms with Crippen LogP contribution in [-0.4, -0.2) is 98.7 Å². The maximum atomic E-state index is 16.0. The molecular formula is C20H22FN13O9P2S2. The molecule has 4 aromatic heterocycles. The van der Waals surface area contributed by atoms with E-state index in [-0.39, 0.29) is 34.1 Å². The summed E-state index contributed by atoms with van der Waals surface area (Å²) in [6.45, 7) is -9.92. The monoisotopic (exact) mass is 733 g/mol. The van der Waals surface area contributed by atoms with E-state index >= 15 is 4.39 Å². The third-order valence-corrected chi connectivity index (χ3v) is 10.6. The van der Waals surface area contributed by atoms with E-state index in [4.69, 9.17) is 62.6 Å². The molecule has 27 heteroatoms. The molecule has 47 heavy (non-hydrogen) atoms. The Morgan fingerprint density at radius 2 is 1.60 bits per heavy atom. The molecule has 0 spiro atoms. The van der Waals surface area contributed by atoms with Gasteiger partial charge in [0, 0.05) is 4.91 Å². The second kappa shape index (κ2) is 12.0. The zero-order chi connectivity index (χ0) is 33.2. The van der Waals surface area contributed by atoms with Crippen molar-refractivity contribution < 1.29 is 41.7 Å². The molecule has 3 aliphatic rings. The van der Waals surface area contributed by atoms with Crippen molar-refractivity contribution in [3.05, 3.63) is 39.8 Å². The number of halogens is 1. The lowest BCUT2D eigenvalue weighted by atomic mass is 10.1. The van der Waals surface area contributed by atoms with E-state index in [1.807, 2.05) is 0 Å². The minimum absolute atomic E-state index is 0.0617. The highest BCUT2D eigenvalue weighted by Crippen LogP contribution is 2.54. The van der Waals surface area contributed by atoms with Crippen LogP contribution in [0.4, 0.5) is 16.2 Å². The van der Waals surface area contributed by atoms with Crippen LogP contribution in [0, 0.1) is 0 Å². The van der Waals surface area contributed by atoms with Crippen LogP contribution in [-0.2, 0) is 51.2 Å². The maximum absolute atomic E-state index is 16.0. The van der Waals surface area contributed by atoms with Crippen LogP contribution in [0.5, 0.6) is 0 Å². The largest absolute Gasteiger partial charge is 0.382 e. The van der Waals surface area contributed by atoms with Crippen molar-refractivity contribution in [2.45, 2.75) is 49.1 Å². The van der Waals surface area contributed by atoms with Gasteiger partial charge in [0.25, 0.3) is 5.56 Å². The number of ether oxygens (including phenoxy) is 2. The van der Waals surface area contributed by atoms with E-state index in [0.717, 1.165) is 10.9 Å². The van der Waals surface area contributed by atoms with E-state index in [2.05, 4.69) is 39.9 Å². The average molecular weight is 734 g/mol. The van der Waals surface area contributed by atoms with Crippen molar-refractivity contribution in [3.63, 3.8) is 0 Å². The van der Waals surface area contributed by atoms with E-state index in [0.29, 0.717) is 0 Å². The Labute approximate surface area is 270 Å². The highest BCUT2D eigenvalue weighted by atomic mass is 32.5. The number of alkyl halides is 1. The molecule has 7 heterocycles. The molecule has 7 rings (SSSR count). The van der Waals surface area contributed by atoms with Gasteiger partial charge in [0.05, 0.1) is 38.0 Å². The second-order valence-electron chi connectivity index (χ2n) is 10.3. The predicted octanol–water partition coefficient (Wildman–Crippen LogP) is 0.186. The Hall–Kier alpha value is -3.28. The number of aromatic nitrogens is 8. The van der Waals surface area contributed by atoms with Gasteiger partial charge in [-0.2, -0.15) is 4.98 Å². The van der Waals surface area contributed by atoms with Crippen LogP contribution >= 0.6 is 13.4 Å². The molecule has 2 unspecified atom stereocenters. The highest BCUT2D eigenvalue weighted by Gasteiger charge is 2.53. The standard InChI is InChI=1S/C20H22FN13O9P2S2/c21-8-6-1-38-45(37,47)43-13-9(31-32-24)7(41-19(13)33-4-27-10-14(22)25-3-26-15(10)33)2-39-44(36,46)42-12(8)18(40-6)34-5-28-11-16(34)29-20(23)30-17(11)35/h3-9,12-13,18-19H,1-2H2,(H,36,46)(H,37,47)(H2,22,25,26)(H3,23,29,30,35)/t6-,7-,8-,9-,12-,13-,18-,19+,44?,45?/m1/s1. The van der Waals surface area contributed by atoms with Crippen LogP contribution in [0.15, 0.2) is 28.9 Å². The number of rotatable bonds is 3. The molecule has 4 aromatic rings. The van der Waals surface area contributed by atoms with Gasteiger partial charge in [-0.1, -0.05) is 5.11 Å². The number of hydrogen-bond donors (Lipinski definition) is 5. The number of H-pyrrole nitrogens is 1. The van der Waals surface area contributed by atoms with Gasteiger partial charge >= 0.3 is 13.4 Å². The molecule has 0 radical (unpaired) electrons. The smallest absolute Gasteiger partial charge is 0.325 e. The summed E-state index contributed by atoms with van der Waals surface area (Å²) < 4.78 is 53.2. The predicted molar refractivity (Wildman–Crippen MR) is 163 cm³/mol. The summed E-state index contributed by atoms with van der Waals surface area (Å²) in [5.74, 6) is -0.197. The SMILES string of the molecule is [N-]=[N+]=N[C@H]1[C@H]2OP(O)(=S)OC[C@H]3O[C@@H](n4cnc5c(=O)[nH]c(N)nc54)[C@H](OP(O)(=S)OC[C@H]1O[C@@H]2n1cnc2c(N)ncnc21)[C@@H]3F. The van der Waals surface area contributed by atoms with Crippen LogP contribution in [0.2, 0.25) is 0 Å². The first kappa shape index (κ1) is 32.3. The number of anilines is 2. The van der Waals surface area contributed by atoms with Crippen LogP contribution in [0.25, 0.3) is 32.8 Å². The molecule has 3 aliphatic heterocycles. The van der Waals surface area contributed by atoms with Crippen LogP contribution in [0.3, 0.4) is 0 Å². The molecule has 10 atom stereocenters. The fraction of sp³-hybridized carbons (Fsp3) is 0.500. The molecule has 0 aromatic carbocycles. The number of nitrogen functional groups attached to an aromatic ring is 2. The summed E-state index contributed by atoms with van der Waals surface area (Å²) in [6.07, 6.45) is -6.92. The molecule has 250 valence electrons. The summed E-state index contributed by atoms with van der Waals surface area (Å²) in [7, 11) is 0. The number of nitrogens with zero attached hydrogens (tertiary/aromatic N) is 10. The van der Waals surface area contributed by atoms with Crippen molar-refractivity contribution in [1.82, 2.24) is 39.0 Å². The van der Waals surface area contributed by atoms with Gasteiger partial charge in [-0.05, 0) is 29.1 Å². The Bertz CT molecular complexity index is 2080. The molecule has 3 fully saturated rings. The fourth-order valence-electron chi connectivity index (χ4n) is 5.45. The Morgan fingerprint density at radius 1 is 0.979 bits per heavy atom. The van der Waals surface area contributed by atoms with Crippen molar-refractivity contribution in [1.29, 1.82) is 0 Å². The topological polar surface area (TPSA) is 304 Å². The van der Waals surface area contributed by atoms with Crippen molar-refractivity contribution in [2.75, 3.05) is 24.7 Å². The number of azide groups is 1. The highest BCUT2D eigenvalue weighted by molar-refractivity contribution is 8.07. The number of nitrogens with two attached hydrogens (primary N) is 2. The van der Waals surface area contributed by atoms with Crippen molar-refractivity contribution in [3.8, 4) is 0 Å². The Morgan fingerprint density at radius 3 is 2.32 bits per heavy atom. The first-order valence-electron chi connectivity index (χ1n) is 13.3. The average Bonchev–Trinajstić information content (AvgIpc) is 3.76. The normalized spacial score (nSPS) is 36.3. The summed E-state index contributed by atoms with van der Waals surface area (Å²) in [4.78, 5) is 60.1. The molecule has 4 bridgehead atoms. The maximum Gasteiger partial charge on any atom is 0.325 e. The third-order valence-electron chi connectivity index (χ3n) is 7.46. The number of nitrogens with one attached hydrogen (secondary N) is 1. The van der Waals surface area contributed by atoms with Gasteiger partial charge in [-0.15, -0.1) is 0 Å². The minimum Gasteiger partial charge on any atom is -0.382 e. The van der Waals surface area contributed by atoms with Crippen molar-refractivity contribution >= 4 is 71.1 Å². The van der Waals surface area contributed by atoms with Crippen LogP contribution < -0.4 is 17.0 Å². The van der Waals surface area contributed by atoms with E-state index < -0.39 is 81.3 Å². The van der Waals surface area contributed by atoms with E-state index in [9.17, 15) is 20.1 Å². The van der Waals surface area contributed by atoms with Gasteiger partial charge in [0.15, 0.2) is 41.3 Å². The molecule has 7 N–H and O–H groups in total. The van der Waals surface area contributed by atoms with Crippen LogP contribution in [0.1, 0.15) is 12.5 Å². The van der Waals surface area contributed by atoms with Gasteiger partial charge in [-0.3, -0.25) is 23.4 Å². The first-order valence-corrected chi connectivity index (χ1v) is 18.5. The molecule has 0 saturated carbocycles. The quantitative estimate of drug-likeness (QED) is 0.0812. The van der Waals surface area contributed by atoms with Gasteiger partial charge in [0.2, 0.25) is 5.95 Å². The number of fused-ring (bicyclic) bond motifs is 6. The minimum atomic E-state index is -4.34. The Balaban J connectivity index is 1.26. The first-order chi connectivity index (χ1) is 22.4. The number of imidazole rings is 2. The Kier molecular flexibility index (Phi) is 8.24. The second-order valence-corrected chi connectivity index (χ2v) is 15.9. The van der Waals surface area contributed by atoms with Gasteiger partial charge in [0.1, 0.15) is 30.2 Å². The molecule has 3 saturated heterocycles. The lowest BCUT2D eigenvalue weighted by Gasteiger charge is -2.28. The van der Waals surface area contributed by atoms with E-state index in [1.54, 1.807) is 0 Å². The molecule has 0 aliphatic carbocycles. The summed E-state index contributed by atoms with van der Waals surface area (Å²) >= 11 is 10.5. The van der Waals surface area contributed by atoms with Gasteiger partial charge in [-0.25, -0.2) is 24.3 Å². The van der Waals surface area contributed by atoms with Gasteiger partial charge < -0.3 is 44.3 Å². The van der Waals surface area contributed by atoms with E-state index in [1.165, 1.54) is 17.2 Å². The summed E-state index contributed by atoms with van der Waals surface area (Å²) in [5, 5.41) is 3.77. The lowest BCUT2D eigenvalue weighted by molar-refractivity contribution is -0.0606. The molecular weight excluding hydrogens is 711 g/mol. The summed E-state index contributed by atoms with van der Waals surface area (Å²) in [5.41, 5.74) is 20.5. The molecule has 0 amide bonds. The number of hydrogen-bond acceptors (Lipinski definition) is 17.